The highest BCUT2D eigenvalue weighted by molar-refractivity contribution is 7.09. The highest BCUT2D eigenvalue weighted by Gasteiger charge is 2.13. The first-order chi connectivity index (χ1) is 12.5. The summed E-state index contributed by atoms with van der Waals surface area (Å²) in [4.78, 5) is 45.5. The van der Waals surface area contributed by atoms with Crippen LogP contribution in [0.25, 0.3) is 0 Å². The summed E-state index contributed by atoms with van der Waals surface area (Å²) in [7, 11) is 1.62. The first kappa shape index (κ1) is 19.3. The summed E-state index contributed by atoms with van der Waals surface area (Å²) >= 11 is 1.59. The van der Waals surface area contributed by atoms with E-state index in [4.69, 9.17) is 4.74 Å². The highest BCUT2D eigenvalue weighted by atomic mass is 32.1. The third-order valence-electron chi connectivity index (χ3n) is 3.11. The van der Waals surface area contributed by atoms with E-state index < -0.39 is 24.5 Å². The summed E-state index contributed by atoms with van der Waals surface area (Å²) in [6, 6.07) is 4.93. The molecule has 2 aromatic heterocycles. The van der Waals surface area contributed by atoms with E-state index in [9.17, 15) is 14.4 Å². The molecule has 26 heavy (non-hydrogen) atoms. The van der Waals surface area contributed by atoms with Gasteiger partial charge < -0.3 is 15.0 Å². The molecule has 0 bridgehead atoms. The number of carbonyl (C=O) groups is 3. The highest BCUT2D eigenvalue weighted by Crippen LogP contribution is 2.07. The number of ether oxygens (including phenoxy) is 1. The van der Waals surface area contributed by atoms with Crippen molar-refractivity contribution in [2.75, 3.05) is 31.6 Å². The van der Waals surface area contributed by atoms with Gasteiger partial charge in [-0.15, -0.1) is 11.3 Å². The zero-order chi connectivity index (χ0) is 18.8. The van der Waals surface area contributed by atoms with Crippen LogP contribution in [0, 0.1) is 0 Å². The third kappa shape index (κ3) is 6.85. The van der Waals surface area contributed by atoms with E-state index in [-0.39, 0.29) is 6.54 Å². The smallest absolute Gasteiger partial charge is 0.326 e. The van der Waals surface area contributed by atoms with E-state index in [0.29, 0.717) is 18.9 Å². The van der Waals surface area contributed by atoms with Crippen LogP contribution in [0.1, 0.15) is 4.88 Å². The minimum absolute atomic E-state index is 0.121. The van der Waals surface area contributed by atoms with Gasteiger partial charge in [0.1, 0.15) is 6.54 Å². The van der Waals surface area contributed by atoms with Gasteiger partial charge in [0, 0.05) is 30.9 Å². The number of rotatable bonds is 8. The SMILES string of the molecule is CN(CC(=O)OCC(=O)NC(=O)NCCc1cccs1)c1ncccn1. The van der Waals surface area contributed by atoms with Crippen LogP contribution in [0.5, 0.6) is 0 Å². The van der Waals surface area contributed by atoms with Crippen LogP contribution in [-0.2, 0) is 20.7 Å². The molecule has 0 saturated carbocycles. The fourth-order valence-corrected chi connectivity index (χ4v) is 2.61. The fourth-order valence-electron chi connectivity index (χ4n) is 1.91. The summed E-state index contributed by atoms with van der Waals surface area (Å²) in [6.45, 7) is -0.258. The topological polar surface area (TPSA) is 114 Å². The first-order valence-corrected chi connectivity index (χ1v) is 8.66. The Labute approximate surface area is 154 Å². The van der Waals surface area contributed by atoms with Gasteiger partial charge in [-0.3, -0.25) is 14.9 Å². The number of nitrogens with zero attached hydrogens (tertiary/aromatic N) is 3. The number of likely N-dealkylation sites (N-methyl/N-ethyl adjacent to an activating group) is 1. The van der Waals surface area contributed by atoms with Gasteiger partial charge in [-0.25, -0.2) is 14.8 Å². The van der Waals surface area contributed by atoms with Gasteiger partial charge in [-0.05, 0) is 23.9 Å². The molecule has 0 radical (unpaired) electrons. The Bertz CT molecular complexity index is 724. The van der Waals surface area contributed by atoms with Crippen LogP contribution < -0.4 is 15.5 Å². The summed E-state index contributed by atoms with van der Waals surface area (Å²) < 4.78 is 4.83. The number of hydrogen-bond donors (Lipinski definition) is 2. The number of carbonyl (C=O) groups excluding carboxylic acids is 3. The summed E-state index contributed by atoms with van der Waals surface area (Å²) in [5.74, 6) is -0.974. The Morgan fingerprint density at radius 3 is 2.69 bits per heavy atom. The van der Waals surface area contributed by atoms with Gasteiger partial charge in [0.15, 0.2) is 6.61 Å². The first-order valence-electron chi connectivity index (χ1n) is 7.78. The second kappa shape index (κ2) is 10.1. The van der Waals surface area contributed by atoms with Gasteiger partial charge >= 0.3 is 12.0 Å². The molecule has 0 aliphatic heterocycles. The van der Waals surface area contributed by atoms with Crippen LogP contribution in [0.2, 0.25) is 0 Å². The molecule has 0 atom stereocenters. The summed E-state index contributed by atoms with van der Waals surface area (Å²) in [6.07, 6.45) is 3.78. The predicted molar refractivity (Wildman–Crippen MR) is 95.8 cm³/mol. The van der Waals surface area contributed by atoms with Crippen LogP contribution >= 0.6 is 11.3 Å². The summed E-state index contributed by atoms with van der Waals surface area (Å²) in [5.41, 5.74) is 0. The maximum Gasteiger partial charge on any atom is 0.326 e. The second-order valence-electron chi connectivity index (χ2n) is 5.20. The minimum atomic E-state index is -0.703. The number of aromatic nitrogens is 2. The Morgan fingerprint density at radius 2 is 2.00 bits per heavy atom. The Kier molecular flexibility index (Phi) is 7.49. The molecular weight excluding hydrogens is 358 g/mol. The zero-order valence-corrected chi connectivity index (χ0v) is 15.0. The lowest BCUT2D eigenvalue weighted by Gasteiger charge is -2.15. The van der Waals surface area contributed by atoms with Gasteiger partial charge in [-0.2, -0.15) is 0 Å². The van der Waals surface area contributed by atoms with E-state index in [1.165, 1.54) is 4.90 Å². The van der Waals surface area contributed by atoms with Crippen molar-refractivity contribution < 1.29 is 19.1 Å². The standard InChI is InChI=1S/C16H19N5O4S/c1-21(15-17-6-3-7-18-15)10-14(23)25-11-13(22)20-16(24)19-8-5-12-4-2-9-26-12/h2-4,6-7,9H,5,8,10-11H2,1H3,(H2,19,20,22,24). The number of amides is 3. The van der Waals surface area contributed by atoms with Gasteiger partial charge in [0.05, 0.1) is 0 Å². The average Bonchev–Trinajstić information content (AvgIpc) is 3.14. The molecule has 0 aliphatic carbocycles. The molecular formula is C16H19N5O4S. The largest absolute Gasteiger partial charge is 0.454 e. The Hall–Kier alpha value is -3.01. The lowest BCUT2D eigenvalue weighted by molar-refractivity contribution is -0.146. The molecule has 0 aliphatic rings. The maximum atomic E-state index is 11.7. The molecule has 2 rings (SSSR count). The zero-order valence-electron chi connectivity index (χ0n) is 14.2. The van der Waals surface area contributed by atoms with Gasteiger partial charge in [0.25, 0.3) is 5.91 Å². The van der Waals surface area contributed by atoms with Crippen LogP contribution in [-0.4, -0.2) is 54.6 Å². The molecule has 0 aromatic carbocycles. The number of esters is 1. The molecule has 0 unspecified atom stereocenters. The molecule has 2 aromatic rings. The van der Waals surface area contributed by atoms with Crippen molar-refractivity contribution in [3.63, 3.8) is 0 Å². The molecule has 2 heterocycles. The predicted octanol–water partition coefficient (Wildman–Crippen LogP) is 0.586. The molecule has 0 spiro atoms. The van der Waals surface area contributed by atoms with Gasteiger partial charge in [-0.1, -0.05) is 6.07 Å². The lowest BCUT2D eigenvalue weighted by atomic mass is 10.3. The van der Waals surface area contributed by atoms with E-state index in [1.54, 1.807) is 36.8 Å². The van der Waals surface area contributed by atoms with Crippen molar-refractivity contribution >= 4 is 35.2 Å². The molecule has 138 valence electrons. The Balaban J connectivity index is 1.61. The quantitative estimate of drug-likeness (QED) is 0.647. The second-order valence-corrected chi connectivity index (χ2v) is 6.23. The van der Waals surface area contributed by atoms with Crippen molar-refractivity contribution in [1.29, 1.82) is 0 Å². The van der Waals surface area contributed by atoms with Crippen LogP contribution in [0.3, 0.4) is 0 Å². The molecule has 9 nitrogen and oxygen atoms in total. The Morgan fingerprint density at radius 1 is 1.23 bits per heavy atom. The van der Waals surface area contributed by atoms with Crippen molar-refractivity contribution in [2.45, 2.75) is 6.42 Å². The number of urea groups is 1. The molecule has 0 fully saturated rings. The molecule has 0 saturated heterocycles. The number of imide groups is 1. The van der Waals surface area contributed by atoms with Crippen molar-refractivity contribution in [3.8, 4) is 0 Å². The van der Waals surface area contributed by atoms with Gasteiger partial charge in [0.2, 0.25) is 5.95 Å². The number of hydrogen-bond acceptors (Lipinski definition) is 8. The molecule has 3 amide bonds. The third-order valence-corrected chi connectivity index (χ3v) is 4.05. The minimum Gasteiger partial charge on any atom is -0.454 e. The van der Waals surface area contributed by atoms with Crippen molar-refractivity contribution in [3.05, 3.63) is 40.8 Å². The van der Waals surface area contributed by atoms with Crippen LogP contribution in [0.4, 0.5) is 10.7 Å². The number of nitrogens with one attached hydrogen (secondary N) is 2. The fraction of sp³-hybridized carbons (Fsp3) is 0.312. The molecule has 2 N–H and O–H groups in total. The average molecular weight is 377 g/mol. The normalized spacial score (nSPS) is 10.0. The number of thiophene rings is 1. The van der Waals surface area contributed by atoms with E-state index in [2.05, 4.69) is 20.6 Å². The summed E-state index contributed by atoms with van der Waals surface area (Å²) in [5, 5.41) is 6.62. The van der Waals surface area contributed by atoms with Crippen molar-refractivity contribution in [1.82, 2.24) is 20.6 Å². The molecule has 10 heteroatoms. The monoisotopic (exact) mass is 377 g/mol. The van der Waals surface area contributed by atoms with E-state index in [0.717, 1.165) is 4.88 Å². The number of anilines is 1. The lowest BCUT2D eigenvalue weighted by Crippen LogP contribution is -2.42. The van der Waals surface area contributed by atoms with Crippen molar-refractivity contribution in [2.24, 2.45) is 0 Å². The maximum absolute atomic E-state index is 11.7. The van der Waals surface area contributed by atoms with Crippen LogP contribution in [0.15, 0.2) is 36.0 Å². The van der Waals surface area contributed by atoms with E-state index >= 15 is 0 Å². The van der Waals surface area contributed by atoms with E-state index in [1.807, 2.05) is 17.5 Å².